The first kappa shape index (κ1) is 14.3. The SMILES string of the molecule is OCc1cnc(-c2ccccn2)c(-c2ccccn2)c1CO. The third-order valence-corrected chi connectivity index (χ3v) is 3.43. The van der Waals surface area contributed by atoms with Crippen LogP contribution in [0.15, 0.2) is 55.0 Å². The van der Waals surface area contributed by atoms with E-state index in [2.05, 4.69) is 15.0 Å². The van der Waals surface area contributed by atoms with Gasteiger partial charge < -0.3 is 10.2 Å². The van der Waals surface area contributed by atoms with E-state index in [4.69, 9.17) is 0 Å². The molecule has 0 amide bonds. The quantitative estimate of drug-likeness (QED) is 0.771. The summed E-state index contributed by atoms with van der Waals surface area (Å²) in [6.45, 7) is -0.393. The van der Waals surface area contributed by atoms with Gasteiger partial charge in [-0.3, -0.25) is 15.0 Å². The Kier molecular flexibility index (Phi) is 4.18. The minimum absolute atomic E-state index is 0.189. The summed E-state index contributed by atoms with van der Waals surface area (Å²) in [5, 5.41) is 19.3. The van der Waals surface area contributed by atoms with Crippen LogP contribution in [0.3, 0.4) is 0 Å². The Hall–Kier alpha value is -2.63. The van der Waals surface area contributed by atoms with Gasteiger partial charge in [-0.25, -0.2) is 0 Å². The molecule has 0 radical (unpaired) electrons. The van der Waals surface area contributed by atoms with E-state index < -0.39 is 0 Å². The van der Waals surface area contributed by atoms with Gasteiger partial charge in [0, 0.05) is 29.7 Å². The van der Waals surface area contributed by atoms with Crippen LogP contribution < -0.4 is 0 Å². The predicted molar refractivity (Wildman–Crippen MR) is 82.5 cm³/mol. The molecule has 3 heterocycles. The summed E-state index contributed by atoms with van der Waals surface area (Å²) in [6.07, 6.45) is 4.95. The van der Waals surface area contributed by atoms with Gasteiger partial charge in [-0.05, 0) is 29.8 Å². The number of aliphatic hydroxyl groups excluding tert-OH is 2. The Balaban J connectivity index is 2.31. The summed E-state index contributed by atoms with van der Waals surface area (Å²) >= 11 is 0. The summed E-state index contributed by atoms with van der Waals surface area (Å²) in [5.74, 6) is 0. The Morgan fingerprint density at radius 3 is 2.00 bits per heavy atom. The summed E-state index contributed by atoms with van der Waals surface area (Å²) in [4.78, 5) is 13.1. The number of pyridine rings is 3. The largest absolute Gasteiger partial charge is 0.392 e. The minimum Gasteiger partial charge on any atom is -0.392 e. The third kappa shape index (κ3) is 2.59. The zero-order valence-electron chi connectivity index (χ0n) is 11.8. The molecule has 0 aliphatic rings. The van der Waals surface area contributed by atoms with E-state index >= 15 is 0 Å². The van der Waals surface area contributed by atoms with Gasteiger partial charge in [0.25, 0.3) is 0 Å². The molecule has 0 bridgehead atoms. The molecule has 110 valence electrons. The number of aliphatic hydroxyl groups is 2. The molecule has 0 saturated heterocycles. The second-order valence-corrected chi connectivity index (χ2v) is 4.73. The van der Waals surface area contributed by atoms with Crippen LogP contribution in [0.25, 0.3) is 22.6 Å². The average Bonchev–Trinajstić information content (AvgIpc) is 2.61. The van der Waals surface area contributed by atoms with Gasteiger partial charge >= 0.3 is 0 Å². The van der Waals surface area contributed by atoms with E-state index in [9.17, 15) is 10.2 Å². The maximum atomic E-state index is 9.78. The fourth-order valence-electron chi connectivity index (χ4n) is 2.39. The lowest BCUT2D eigenvalue weighted by Crippen LogP contribution is -2.03. The summed E-state index contributed by atoms with van der Waals surface area (Å²) < 4.78 is 0. The van der Waals surface area contributed by atoms with Gasteiger partial charge in [-0.2, -0.15) is 0 Å². The Labute approximate surface area is 128 Å². The number of rotatable bonds is 4. The van der Waals surface area contributed by atoms with Gasteiger partial charge in [0.2, 0.25) is 0 Å². The molecule has 3 aromatic heterocycles. The molecule has 0 aliphatic heterocycles. The van der Waals surface area contributed by atoms with Crippen LogP contribution in [0.2, 0.25) is 0 Å². The van der Waals surface area contributed by atoms with Crippen LogP contribution in [0.4, 0.5) is 0 Å². The molecule has 22 heavy (non-hydrogen) atoms. The van der Waals surface area contributed by atoms with E-state index in [0.29, 0.717) is 33.8 Å². The van der Waals surface area contributed by atoms with Crippen molar-refractivity contribution in [1.82, 2.24) is 15.0 Å². The molecule has 3 aromatic rings. The van der Waals surface area contributed by atoms with Gasteiger partial charge in [-0.15, -0.1) is 0 Å². The molecular formula is C17H15N3O2. The van der Waals surface area contributed by atoms with Gasteiger partial charge in [0.15, 0.2) is 0 Å². The van der Waals surface area contributed by atoms with Crippen molar-refractivity contribution in [2.24, 2.45) is 0 Å². The zero-order chi connectivity index (χ0) is 15.4. The van der Waals surface area contributed by atoms with Crippen molar-refractivity contribution in [3.05, 3.63) is 66.1 Å². The number of nitrogens with zero attached hydrogens (tertiary/aromatic N) is 3. The topological polar surface area (TPSA) is 79.1 Å². The molecule has 0 aliphatic carbocycles. The molecule has 3 rings (SSSR count). The fraction of sp³-hybridized carbons (Fsp3) is 0.118. The van der Waals surface area contributed by atoms with Gasteiger partial charge in [0.05, 0.1) is 30.3 Å². The van der Waals surface area contributed by atoms with Gasteiger partial charge in [0.1, 0.15) is 0 Å². The van der Waals surface area contributed by atoms with E-state index in [-0.39, 0.29) is 13.2 Å². The highest BCUT2D eigenvalue weighted by Gasteiger charge is 2.18. The summed E-state index contributed by atoms with van der Waals surface area (Å²) in [7, 11) is 0. The van der Waals surface area contributed by atoms with E-state index in [1.165, 1.54) is 0 Å². The van der Waals surface area contributed by atoms with E-state index in [1.54, 1.807) is 18.6 Å². The number of aromatic nitrogens is 3. The highest BCUT2D eigenvalue weighted by molar-refractivity contribution is 5.80. The minimum atomic E-state index is -0.204. The van der Waals surface area contributed by atoms with Crippen LogP contribution in [0.1, 0.15) is 11.1 Å². The molecule has 0 spiro atoms. The lowest BCUT2D eigenvalue weighted by Gasteiger charge is -2.15. The molecule has 5 nitrogen and oxygen atoms in total. The van der Waals surface area contributed by atoms with Crippen molar-refractivity contribution in [3.8, 4) is 22.6 Å². The zero-order valence-corrected chi connectivity index (χ0v) is 11.8. The van der Waals surface area contributed by atoms with Crippen LogP contribution in [0, 0.1) is 0 Å². The highest BCUT2D eigenvalue weighted by atomic mass is 16.3. The lowest BCUT2D eigenvalue weighted by atomic mass is 9.97. The van der Waals surface area contributed by atoms with Crippen LogP contribution in [0.5, 0.6) is 0 Å². The Morgan fingerprint density at radius 1 is 0.773 bits per heavy atom. The predicted octanol–water partition coefficient (Wildman–Crippen LogP) is 2.19. The number of hydrogen-bond acceptors (Lipinski definition) is 5. The summed E-state index contributed by atoms with van der Waals surface area (Å²) in [6, 6.07) is 11.1. The summed E-state index contributed by atoms with van der Waals surface area (Å²) in [5.41, 5.74) is 3.94. The normalized spacial score (nSPS) is 10.6. The highest BCUT2D eigenvalue weighted by Crippen LogP contribution is 2.33. The third-order valence-electron chi connectivity index (χ3n) is 3.43. The molecule has 0 aromatic carbocycles. The van der Waals surface area contributed by atoms with Crippen molar-refractivity contribution < 1.29 is 10.2 Å². The van der Waals surface area contributed by atoms with Crippen LogP contribution in [-0.4, -0.2) is 25.2 Å². The molecular weight excluding hydrogens is 278 g/mol. The van der Waals surface area contributed by atoms with Gasteiger partial charge in [-0.1, -0.05) is 12.1 Å². The maximum Gasteiger partial charge on any atom is 0.0983 e. The fourth-order valence-corrected chi connectivity index (χ4v) is 2.39. The van der Waals surface area contributed by atoms with Crippen molar-refractivity contribution in [3.63, 3.8) is 0 Å². The first-order valence-corrected chi connectivity index (χ1v) is 6.90. The molecule has 5 heteroatoms. The van der Waals surface area contributed by atoms with Crippen LogP contribution >= 0.6 is 0 Å². The molecule has 0 atom stereocenters. The second-order valence-electron chi connectivity index (χ2n) is 4.73. The molecule has 0 unspecified atom stereocenters. The first-order chi connectivity index (χ1) is 10.8. The molecule has 0 saturated carbocycles. The monoisotopic (exact) mass is 293 g/mol. The Bertz CT molecular complexity index is 762. The first-order valence-electron chi connectivity index (χ1n) is 6.90. The average molecular weight is 293 g/mol. The molecule has 2 N–H and O–H groups in total. The second kappa shape index (κ2) is 6.43. The number of hydrogen-bond donors (Lipinski definition) is 2. The van der Waals surface area contributed by atoms with Crippen molar-refractivity contribution in [1.29, 1.82) is 0 Å². The smallest absolute Gasteiger partial charge is 0.0983 e. The molecule has 0 fully saturated rings. The van der Waals surface area contributed by atoms with E-state index in [1.807, 2.05) is 36.4 Å². The lowest BCUT2D eigenvalue weighted by molar-refractivity contribution is 0.260. The van der Waals surface area contributed by atoms with E-state index in [0.717, 1.165) is 0 Å². The Morgan fingerprint density at radius 2 is 1.45 bits per heavy atom. The maximum absolute atomic E-state index is 9.78. The van der Waals surface area contributed by atoms with Crippen LogP contribution in [-0.2, 0) is 13.2 Å². The van der Waals surface area contributed by atoms with Crippen molar-refractivity contribution in [2.75, 3.05) is 0 Å². The van der Waals surface area contributed by atoms with Crippen molar-refractivity contribution in [2.45, 2.75) is 13.2 Å². The standard InChI is InChI=1S/C17H15N3O2/c21-10-12-9-20-17(15-6-2-4-8-19-15)16(13(12)11-22)14-5-1-3-7-18-14/h1-9,21-22H,10-11H2. The van der Waals surface area contributed by atoms with Crippen molar-refractivity contribution >= 4 is 0 Å².